The molecule has 0 aromatic carbocycles. The molecule has 1 aliphatic rings. The number of hydrogen-bond donors (Lipinski definition) is 2. The zero-order valence-corrected chi connectivity index (χ0v) is 11.2. The third kappa shape index (κ3) is 4.13. The van der Waals surface area contributed by atoms with Crippen LogP contribution in [0.25, 0.3) is 0 Å². The van der Waals surface area contributed by atoms with E-state index in [2.05, 4.69) is 32.7 Å². The molecule has 1 aliphatic carbocycles. The summed E-state index contributed by atoms with van der Waals surface area (Å²) in [5, 5.41) is 14.6. The van der Waals surface area contributed by atoms with E-state index in [0.717, 1.165) is 18.8 Å². The molecule has 2 rings (SSSR count). The van der Waals surface area contributed by atoms with Crippen LogP contribution in [0.3, 0.4) is 0 Å². The fourth-order valence-electron chi connectivity index (χ4n) is 2.30. The summed E-state index contributed by atoms with van der Waals surface area (Å²) in [6, 6.07) is 0.564. The van der Waals surface area contributed by atoms with Gasteiger partial charge in [0, 0.05) is 12.6 Å². The van der Waals surface area contributed by atoms with Gasteiger partial charge in [-0.05, 0) is 19.3 Å². The molecule has 5 heteroatoms. The van der Waals surface area contributed by atoms with Gasteiger partial charge in [-0.3, -0.25) is 0 Å². The van der Waals surface area contributed by atoms with Crippen LogP contribution in [0.2, 0.25) is 0 Å². The van der Waals surface area contributed by atoms with Gasteiger partial charge >= 0.3 is 0 Å². The topological polar surface area (TPSA) is 62.7 Å². The lowest BCUT2D eigenvalue weighted by Gasteiger charge is -2.12. The Labute approximate surface area is 109 Å². The van der Waals surface area contributed by atoms with E-state index in [1.807, 2.05) is 0 Å². The molecule has 0 unspecified atom stereocenters. The molecule has 100 valence electrons. The maximum atomic E-state index is 4.44. The molecule has 0 saturated heterocycles. The van der Waals surface area contributed by atoms with Gasteiger partial charge in [-0.2, -0.15) is 10.1 Å². The summed E-state index contributed by atoms with van der Waals surface area (Å²) in [4.78, 5) is 4.44. The van der Waals surface area contributed by atoms with E-state index in [1.165, 1.54) is 38.5 Å². The molecule has 1 saturated carbocycles. The van der Waals surface area contributed by atoms with E-state index in [0.29, 0.717) is 12.0 Å². The summed E-state index contributed by atoms with van der Waals surface area (Å²) in [5.41, 5.74) is 0. The van der Waals surface area contributed by atoms with Crippen LogP contribution in [-0.4, -0.2) is 27.8 Å². The zero-order valence-electron chi connectivity index (χ0n) is 11.2. The molecular formula is C13H23N5. The molecule has 0 amide bonds. The number of unbranched alkanes of at least 4 members (excludes halogenated alkanes) is 2. The second-order valence-corrected chi connectivity index (χ2v) is 4.92. The van der Waals surface area contributed by atoms with Crippen molar-refractivity contribution < 1.29 is 0 Å². The minimum Gasteiger partial charge on any atom is -0.366 e. The summed E-state index contributed by atoms with van der Waals surface area (Å²) in [6.07, 6.45) is 10.4. The van der Waals surface area contributed by atoms with Crippen molar-refractivity contribution in [1.82, 2.24) is 15.2 Å². The first kappa shape index (κ1) is 13.1. The predicted octanol–water partition coefficient (Wildman–Crippen LogP) is 2.83. The molecule has 1 heterocycles. The molecule has 0 spiro atoms. The third-order valence-corrected chi connectivity index (χ3v) is 3.33. The largest absolute Gasteiger partial charge is 0.366 e. The first-order valence-corrected chi connectivity index (χ1v) is 7.08. The fourth-order valence-corrected chi connectivity index (χ4v) is 2.30. The van der Waals surface area contributed by atoms with Gasteiger partial charge in [0.1, 0.15) is 0 Å². The zero-order chi connectivity index (χ0) is 12.6. The standard InChI is InChI=1S/C13H23N5/c1-2-3-6-9-14-13-17-12(10-15-18-13)16-11-7-4-5-8-11/h10-11H,2-9H2,1H3,(H2,14,16,17,18). The molecule has 0 atom stereocenters. The molecule has 1 fully saturated rings. The second-order valence-electron chi connectivity index (χ2n) is 4.92. The lowest BCUT2D eigenvalue weighted by molar-refractivity contribution is 0.734. The van der Waals surface area contributed by atoms with Gasteiger partial charge in [0.2, 0.25) is 5.95 Å². The van der Waals surface area contributed by atoms with Crippen LogP contribution in [-0.2, 0) is 0 Å². The monoisotopic (exact) mass is 249 g/mol. The van der Waals surface area contributed by atoms with Crippen molar-refractivity contribution in [1.29, 1.82) is 0 Å². The number of nitrogens with one attached hydrogen (secondary N) is 2. The van der Waals surface area contributed by atoms with Crippen LogP contribution in [0.15, 0.2) is 6.20 Å². The van der Waals surface area contributed by atoms with Gasteiger partial charge in [-0.15, -0.1) is 5.10 Å². The van der Waals surface area contributed by atoms with Crippen LogP contribution in [0, 0.1) is 0 Å². The summed E-state index contributed by atoms with van der Waals surface area (Å²) in [6.45, 7) is 3.12. The average molecular weight is 249 g/mol. The highest BCUT2D eigenvalue weighted by Crippen LogP contribution is 2.21. The molecule has 0 radical (unpaired) electrons. The maximum absolute atomic E-state index is 4.44. The molecule has 1 aromatic rings. The highest BCUT2D eigenvalue weighted by atomic mass is 15.3. The van der Waals surface area contributed by atoms with E-state index in [-0.39, 0.29) is 0 Å². The van der Waals surface area contributed by atoms with Crippen molar-refractivity contribution >= 4 is 11.8 Å². The summed E-state index contributed by atoms with van der Waals surface area (Å²) in [5.74, 6) is 1.48. The smallest absolute Gasteiger partial charge is 0.244 e. The Morgan fingerprint density at radius 3 is 2.89 bits per heavy atom. The Hall–Kier alpha value is -1.39. The van der Waals surface area contributed by atoms with Gasteiger partial charge in [-0.1, -0.05) is 32.6 Å². The Morgan fingerprint density at radius 1 is 1.28 bits per heavy atom. The van der Waals surface area contributed by atoms with E-state index in [9.17, 15) is 0 Å². The van der Waals surface area contributed by atoms with E-state index < -0.39 is 0 Å². The molecule has 2 N–H and O–H groups in total. The number of aromatic nitrogens is 3. The van der Waals surface area contributed by atoms with Gasteiger partial charge in [0.05, 0.1) is 6.20 Å². The summed E-state index contributed by atoms with van der Waals surface area (Å²) in [7, 11) is 0. The number of nitrogens with zero attached hydrogens (tertiary/aromatic N) is 3. The van der Waals surface area contributed by atoms with E-state index in [1.54, 1.807) is 6.20 Å². The highest BCUT2D eigenvalue weighted by Gasteiger charge is 2.15. The van der Waals surface area contributed by atoms with Crippen molar-refractivity contribution in [3.05, 3.63) is 6.20 Å². The summed E-state index contributed by atoms with van der Waals surface area (Å²) >= 11 is 0. The fraction of sp³-hybridized carbons (Fsp3) is 0.769. The Bertz CT molecular complexity index is 349. The van der Waals surface area contributed by atoms with Crippen LogP contribution in [0.4, 0.5) is 11.8 Å². The van der Waals surface area contributed by atoms with Crippen LogP contribution >= 0.6 is 0 Å². The van der Waals surface area contributed by atoms with Crippen molar-refractivity contribution in [3.8, 4) is 0 Å². The first-order chi connectivity index (χ1) is 8.88. The van der Waals surface area contributed by atoms with Crippen LogP contribution < -0.4 is 10.6 Å². The van der Waals surface area contributed by atoms with Crippen molar-refractivity contribution in [2.45, 2.75) is 57.9 Å². The number of hydrogen-bond acceptors (Lipinski definition) is 5. The van der Waals surface area contributed by atoms with Crippen LogP contribution in [0.1, 0.15) is 51.9 Å². The van der Waals surface area contributed by atoms with Crippen LogP contribution in [0.5, 0.6) is 0 Å². The van der Waals surface area contributed by atoms with E-state index >= 15 is 0 Å². The number of rotatable bonds is 7. The van der Waals surface area contributed by atoms with E-state index in [4.69, 9.17) is 0 Å². The van der Waals surface area contributed by atoms with Gasteiger partial charge in [0.25, 0.3) is 0 Å². The SMILES string of the molecule is CCCCCNc1nncc(NC2CCCC2)n1. The van der Waals surface area contributed by atoms with Crippen molar-refractivity contribution in [2.75, 3.05) is 17.2 Å². The molecular weight excluding hydrogens is 226 g/mol. The normalized spacial score (nSPS) is 15.8. The summed E-state index contributed by atoms with van der Waals surface area (Å²) < 4.78 is 0. The van der Waals surface area contributed by atoms with Crippen molar-refractivity contribution in [3.63, 3.8) is 0 Å². The molecule has 18 heavy (non-hydrogen) atoms. The van der Waals surface area contributed by atoms with Gasteiger partial charge in [0.15, 0.2) is 5.82 Å². The van der Waals surface area contributed by atoms with Crippen molar-refractivity contribution in [2.24, 2.45) is 0 Å². The molecule has 1 aromatic heterocycles. The minimum absolute atomic E-state index is 0.564. The maximum Gasteiger partial charge on any atom is 0.244 e. The van der Waals surface area contributed by atoms with Gasteiger partial charge < -0.3 is 10.6 Å². The minimum atomic E-state index is 0.564. The quantitative estimate of drug-likeness (QED) is 0.728. The van der Waals surface area contributed by atoms with Gasteiger partial charge in [-0.25, -0.2) is 0 Å². The molecule has 0 bridgehead atoms. The molecule has 0 aliphatic heterocycles. The lowest BCUT2D eigenvalue weighted by atomic mass is 10.2. The highest BCUT2D eigenvalue weighted by molar-refractivity contribution is 5.37. The third-order valence-electron chi connectivity index (χ3n) is 3.33. The Morgan fingerprint density at radius 2 is 2.11 bits per heavy atom. The Kier molecular flexibility index (Phi) is 5.17. The second kappa shape index (κ2) is 7.13. The number of anilines is 2. The predicted molar refractivity (Wildman–Crippen MR) is 73.7 cm³/mol. The average Bonchev–Trinajstić information content (AvgIpc) is 2.88. The first-order valence-electron chi connectivity index (χ1n) is 7.08. The Balaban J connectivity index is 1.80. The lowest BCUT2D eigenvalue weighted by Crippen LogP contribution is -2.17. The molecule has 5 nitrogen and oxygen atoms in total.